The van der Waals surface area contributed by atoms with Gasteiger partial charge in [-0.1, -0.05) is 36.4 Å². The standard InChI is InChI=1S/C26H28N4O3S/c1-34(31,32)16-15-27-14-13-20-7-12-25-24(17-20)26(29-19-28-25)30-22-8-10-23(11-9-22)33-18-21-5-3-2-4-6-21/h2-12,17,19,27H,13-16,18H2,1H3,(H,28,29,30). The van der Waals surface area contributed by atoms with Crippen LogP contribution in [0.25, 0.3) is 10.9 Å². The molecule has 1 aromatic heterocycles. The highest BCUT2D eigenvalue weighted by Crippen LogP contribution is 2.25. The molecule has 0 aliphatic heterocycles. The van der Waals surface area contributed by atoms with Gasteiger partial charge in [-0.2, -0.15) is 0 Å². The number of aromatic nitrogens is 2. The van der Waals surface area contributed by atoms with Crippen LogP contribution in [0.2, 0.25) is 0 Å². The summed E-state index contributed by atoms with van der Waals surface area (Å²) in [6.07, 6.45) is 3.58. The molecule has 34 heavy (non-hydrogen) atoms. The van der Waals surface area contributed by atoms with Crippen molar-refractivity contribution in [2.75, 3.05) is 30.4 Å². The lowest BCUT2D eigenvalue weighted by Gasteiger charge is -2.11. The number of fused-ring (bicyclic) bond motifs is 1. The van der Waals surface area contributed by atoms with E-state index in [-0.39, 0.29) is 5.75 Å². The molecular formula is C26H28N4O3S. The number of benzene rings is 3. The van der Waals surface area contributed by atoms with Crippen LogP contribution in [0.5, 0.6) is 5.75 Å². The van der Waals surface area contributed by atoms with E-state index in [4.69, 9.17) is 4.74 Å². The molecule has 0 radical (unpaired) electrons. The lowest BCUT2D eigenvalue weighted by atomic mass is 10.1. The Labute approximate surface area is 200 Å². The third-order valence-corrected chi connectivity index (χ3v) is 6.25. The molecule has 0 saturated carbocycles. The van der Waals surface area contributed by atoms with Crippen LogP contribution in [0, 0.1) is 0 Å². The SMILES string of the molecule is CS(=O)(=O)CCNCCc1ccc2ncnc(Nc3ccc(OCc4ccccc4)cc3)c2c1. The van der Waals surface area contributed by atoms with Gasteiger partial charge in [0, 0.05) is 23.9 Å². The van der Waals surface area contributed by atoms with Gasteiger partial charge < -0.3 is 15.4 Å². The number of nitrogens with one attached hydrogen (secondary N) is 2. The predicted molar refractivity (Wildman–Crippen MR) is 136 cm³/mol. The van der Waals surface area contributed by atoms with Crippen molar-refractivity contribution in [1.29, 1.82) is 0 Å². The van der Waals surface area contributed by atoms with Crippen LogP contribution >= 0.6 is 0 Å². The molecule has 4 rings (SSSR count). The van der Waals surface area contributed by atoms with Crippen molar-refractivity contribution in [3.8, 4) is 5.75 Å². The predicted octanol–water partition coefficient (Wildman–Crippen LogP) is 4.13. The smallest absolute Gasteiger partial charge is 0.148 e. The van der Waals surface area contributed by atoms with Gasteiger partial charge in [-0.25, -0.2) is 18.4 Å². The minimum atomic E-state index is -2.95. The summed E-state index contributed by atoms with van der Waals surface area (Å²) in [6, 6.07) is 23.9. The first-order valence-corrected chi connectivity index (χ1v) is 13.2. The van der Waals surface area contributed by atoms with Gasteiger partial charge in [0.1, 0.15) is 34.3 Å². The maximum atomic E-state index is 11.2. The number of sulfone groups is 1. The number of nitrogens with zero attached hydrogens (tertiary/aromatic N) is 2. The van der Waals surface area contributed by atoms with Crippen LogP contribution in [-0.2, 0) is 22.9 Å². The Morgan fingerprint density at radius 3 is 2.44 bits per heavy atom. The molecule has 4 aromatic rings. The molecular weight excluding hydrogens is 448 g/mol. The number of rotatable bonds is 11. The summed E-state index contributed by atoms with van der Waals surface area (Å²) in [5.41, 5.74) is 4.01. The van der Waals surface area contributed by atoms with Crippen molar-refractivity contribution in [3.05, 3.63) is 90.3 Å². The summed E-state index contributed by atoms with van der Waals surface area (Å²) >= 11 is 0. The molecule has 1 heterocycles. The Bertz CT molecular complexity index is 1330. The molecule has 0 amide bonds. The largest absolute Gasteiger partial charge is 0.489 e. The second-order valence-electron chi connectivity index (χ2n) is 8.13. The number of hydrogen-bond donors (Lipinski definition) is 2. The van der Waals surface area contributed by atoms with Crippen LogP contribution in [0.1, 0.15) is 11.1 Å². The quantitative estimate of drug-likeness (QED) is 0.314. The van der Waals surface area contributed by atoms with Crippen molar-refractivity contribution in [3.63, 3.8) is 0 Å². The molecule has 7 nitrogen and oxygen atoms in total. The molecule has 8 heteroatoms. The summed E-state index contributed by atoms with van der Waals surface area (Å²) in [5.74, 6) is 1.67. The lowest BCUT2D eigenvalue weighted by molar-refractivity contribution is 0.306. The van der Waals surface area contributed by atoms with Gasteiger partial charge in [0.05, 0.1) is 11.3 Å². The fourth-order valence-corrected chi connectivity index (χ4v) is 4.00. The van der Waals surface area contributed by atoms with Gasteiger partial charge >= 0.3 is 0 Å². The van der Waals surface area contributed by atoms with Gasteiger partial charge in [0.2, 0.25) is 0 Å². The van der Waals surface area contributed by atoms with Crippen molar-refractivity contribution in [2.45, 2.75) is 13.0 Å². The fraction of sp³-hybridized carbons (Fsp3) is 0.231. The second-order valence-corrected chi connectivity index (χ2v) is 10.4. The van der Waals surface area contributed by atoms with Crippen LogP contribution in [-0.4, -0.2) is 43.5 Å². The molecule has 0 unspecified atom stereocenters. The Hall–Kier alpha value is -3.49. The Morgan fingerprint density at radius 2 is 1.68 bits per heavy atom. The fourth-order valence-electron chi connectivity index (χ4n) is 3.49. The molecule has 0 saturated heterocycles. The molecule has 0 aliphatic carbocycles. The number of ether oxygens (including phenoxy) is 1. The molecule has 2 N–H and O–H groups in total. The van der Waals surface area contributed by atoms with Crippen LogP contribution < -0.4 is 15.4 Å². The number of hydrogen-bond acceptors (Lipinski definition) is 7. The van der Waals surface area contributed by atoms with E-state index in [9.17, 15) is 8.42 Å². The zero-order valence-corrected chi connectivity index (χ0v) is 19.9. The van der Waals surface area contributed by atoms with Crippen molar-refractivity contribution in [1.82, 2.24) is 15.3 Å². The highest BCUT2D eigenvalue weighted by atomic mass is 32.2. The maximum Gasteiger partial charge on any atom is 0.148 e. The van der Waals surface area contributed by atoms with Gasteiger partial charge in [-0.3, -0.25) is 0 Å². The van der Waals surface area contributed by atoms with Gasteiger partial charge in [-0.05, 0) is 60.5 Å². The topological polar surface area (TPSA) is 93.2 Å². The average molecular weight is 477 g/mol. The van der Waals surface area contributed by atoms with Crippen LogP contribution in [0.15, 0.2) is 79.1 Å². The summed E-state index contributed by atoms with van der Waals surface area (Å²) in [7, 11) is -2.95. The Balaban J connectivity index is 1.38. The molecule has 0 atom stereocenters. The van der Waals surface area contributed by atoms with Gasteiger partial charge in [0.15, 0.2) is 0 Å². The number of anilines is 2. The Kier molecular flexibility index (Phi) is 7.72. The summed E-state index contributed by atoms with van der Waals surface area (Å²) in [5, 5.41) is 7.49. The Morgan fingerprint density at radius 1 is 0.882 bits per heavy atom. The van der Waals surface area contributed by atoms with E-state index in [2.05, 4.69) is 26.7 Å². The van der Waals surface area contributed by atoms with E-state index < -0.39 is 9.84 Å². The van der Waals surface area contributed by atoms with E-state index in [0.717, 1.165) is 45.7 Å². The van der Waals surface area contributed by atoms with Gasteiger partial charge in [-0.15, -0.1) is 0 Å². The molecule has 0 spiro atoms. The lowest BCUT2D eigenvalue weighted by Crippen LogP contribution is -2.24. The average Bonchev–Trinajstić information content (AvgIpc) is 2.84. The van der Waals surface area contributed by atoms with Crippen molar-refractivity contribution < 1.29 is 13.2 Å². The van der Waals surface area contributed by atoms with Crippen LogP contribution in [0.3, 0.4) is 0 Å². The molecule has 176 valence electrons. The van der Waals surface area contributed by atoms with E-state index in [0.29, 0.717) is 19.7 Å². The highest BCUT2D eigenvalue weighted by Gasteiger charge is 2.07. The second kappa shape index (κ2) is 11.1. The third kappa shape index (κ3) is 7.00. The zero-order valence-electron chi connectivity index (χ0n) is 19.1. The molecule has 0 bridgehead atoms. The summed E-state index contributed by atoms with van der Waals surface area (Å²) in [4.78, 5) is 8.82. The molecule has 3 aromatic carbocycles. The normalized spacial score (nSPS) is 11.4. The van der Waals surface area contributed by atoms with E-state index in [1.807, 2.05) is 66.7 Å². The molecule has 0 aliphatic rings. The highest BCUT2D eigenvalue weighted by molar-refractivity contribution is 7.90. The van der Waals surface area contributed by atoms with Crippen molar-refractivity contribution >= 4 is 32.2 Å². The minimum absolute atomic E-state index is 0.142. The molecule has 0 fully saturated rings. The monoisotopic (exact) mass is 476 g/mol. The van der Waals surface area contributed by atoms with E-state index in [1.165, 1.54) is 6.26 Å². The van der Waals surface area contributed by atoms with Crippen LogP contribution in [0.4, 0.5) is 11.5 Å². The first kappa shape index (κ1) is 23.7. The van der Waals surface area contributed by atoms with Gasteiger partial charge in [0.25, 0.3) is 0 Å². The first-order chi connectivity index (χ1) is 16.5. The zero-order chi connectivity index (χ0) is 23.8. The van der Waals surface area contributed by atoms with E-state index in [1.54, 1.807) is 6.33 Å². The first-order valence-electron chi connectivity index (χ1n) is 11.1. The summed E-state index contributed by atoms with van der Waals surface area (Å²) < 4.78 is 28.3. The minimum Gasteiger partial charge on any atom is -0.489 e. The van der Waals surface area contributed by atoms with E-state index >= 15 is 0 Å². The third-order valence-electron chi connectivity index (χ3n) is 5.31. The summed E-state index contributed by atoms with van der Waals surface area (Å²) in [6.45, 7) is 1.67. The van der Waals surface area contributed by atoms with Crippen molar-refractivity contribution in [2.24, 2.45) is 0 Å². The maximum absolute atomic E-state index is 11.2.